The molecule has 6 atom stereocenters. The highest BCUT2D eigenvalue weighted by atomic mass is 35.5. The van der Waals surface area contributed by atoms with Gasteiger partial charge in [0.05, 0.1) is 28.0 Å². The van der Waals surface area contributed by atoms with Gasteiger partial charge in [0.15, 0.2) is 23.2 Å². The minimum absolute atomic E-state index is 0.0277. The molecule has 1 aliphatic rings. The summed E-state index contributed by atoms with van der Waals surface area (Å²) in [5.74, 6) is -2.69. The topological polar surface area (TPSA) is 120 Å². The number of benzene rings is 1. The third-order valence-corrected chi connectivity index (χ3v) is 7.91. The van der Waals surface area contributed by atoms with Crippen LogP contribution in [0.5, 0.6) is 0 Å². The Labute approximate surface area is 257 Å². The second-order valence-electron chi connectivity index (χ2n) is 10.3. The first-order valence-electron chi connectivity index (χ1n) is 13.0. The van der Waals surface area contributed by atoms with Gasteiger partial charge in [-0.05, 0) is 38.5 Å². The second kappa shape index (κ2) is 11.9. The van der Waals surface area contributed by atoms with Crippen molar-refractivity contribution in [2.75, 3.05) is 7.11 Å². The maximum Gasteiger partial charge on any atom is 0.435 e. The summed E-state index contributed by atoms with van der Waals surface area (Å²) in [6.07, 6.45) is -8.16. The summed E-state index contributed by atoms with van der Waals surface area (Å²) in [5.41, 5.74) is -1.66. The van der Waals surface area contributed by atoms with Crippen molar-refractivity contribution in [3.63, 3.8) is 0 Å². The second-order valence-corrected chi connectivity index (χ2v) is 11.1. The number of hydrogen-bond donors (Lipinski definition) is 2. The van der Waals surface area contributed by atoms with E-state index in [9.17, 15) is 32.2 Å². The molecule has 1 aromatic carbocycles. The Balaban J connectivity index is 1.64. The smallest absolute Gasteiger partial charge is 0.391 e. The number of hydrogen-bond acceptors (Lipinski definition) is 8. The third kappa shape index (κ3) is 5.68. The summed E-state index contributed by atoms with van der Waals surface area (Å²) in [6, 6.07) is 1.14. The van der Waals surface area contributed by atoms with Gasteiger partial charge in [0, 0.05) is 30.6 Å². The summed E-state index contributed by atoms with van der Waals surface area (Å²) >= 11 is 11.8. The van der Waals surface area contributed by atoms with Crippen molar-refractivity contribution in [2.24, 2.45) is 0 Å². The molecule has 4 unspecified atom stereocenters. The van der Waals surface area contributed by atoms with E-state index in [2.05, 4.69) is 20.2 Å². The van der Waals surface area contributed by atoms with Gasteiger partial charge in [0.2, 0.25) is 0 Å². The molecule has 236 valence electrons. The number of aromatic nitrogens is 6. The molecule has 10 nitrogen and oxygen atoms in total. The fourth-order valence-corrected chi connectivity index (χ4v) is 5.55. The summed E-state index contributed by atoms with van der Waals surface area (Å²) in [7, 11) is 1.30. The van der Waals surface area contributed by atoms with Gasteiger partial charge in [0.1, 0.15) is 36.3 Å². The molecule has 4 heterocycles. The summed E-state index contributed by atoms with van der Waals surface area (Å²) in [5, 5.41) is 30.2. The summed E-state index contributed by atoms with van der Waals surface area (Å²) in [6.45, 7) is 4.31. The number of halogens is 7. The molecule has 0 bridgehead atoms. The first-order chi connectivity index (χ1) is 20.6. The molecular formula is C27H25Cl2F5N6O4. The maximum absolute atomic E-state index is 14.9. The predicted molar refractivity (Wildman–Crippen MR) is 146 cm³/mol. The van der Waals surface area contributed by atoms with Gasteiger partial charge in [-0.2, -0.15) is 23.4 Å². The van der Waals surface area contributed by atoms with Crippen LogP contribution in [-0.2, 0) is 15.7 Å². The molecule has 1 saturated heterocycles. The van der Waals surface area contributed by atoms with Gasteiger partial charge in [-0.1, -0.05) is 23.2 Å². The molecule has 17 heteroatoms. The van der Waals surface area contributed by atoms with Gasteiger partial charge >= 0.3 is 6.18 Å². The van der Waals surface area contributed by atoms with E-state index >= 15 is 0 Å². The highest BCUT2D eigenvalue weighted by molar-refractivity contribution is 6.31. The number of aliphatic hydroxyl groups excluding tert-OH is 2. The Morgan fingerprint density at radius 3 is 2.45 bits per heavy atom. The van der Waals surface area contributed by atoms with Crippen LogP contribution in [0.4, 0.5) is 22.0 Å². The molecule has 2 N–H and O–H groups in total. The van der Waals surface area contributed by atoms with E-state index in [0.29, 0.717) is 0 Å². The average Bonchev–Trinajstić information content (AvgIpc) is 3.59. The minimum Gasteiger partial charge on any atom is -0.391 e. The van der Waals surface area contributed by atoms with Gasteiger partial charge in [0.25, 0.3) is 0 Å². The Bertz CT molecular complexity index is 1700. The molecule has 5 rings (SSSR count). The maximum atomic E-state index is 14.9. The number of alkyl halides is 3. The highest BCUT2D eigenvalue weighted by Crippen LogP contribution is 2.42. The van der Waals surface area contributed by atoms with Crippen LogP contribution in [0.15, 0.2) is 30.7 Å². The molecule has 1 aliphatic heterocycles. The van der Waals surface area contributed by atoms with Gasteiger partial charge < -0.3 is 19.7 Å². The molecule has 0 radical (unpaired) electrons. The zero-order valence-corrected chi connectivity index (χ0v) is 24.9. The Morgan fingerprint density at radius 1 is 1.11 bits per heavy atom. The van der Waals surface area contributed by atoms with Crippen LogP contribution in [0.1, 0.15) is 42.0 Å². The minimum atomic E-state index is -4.91. The Morgan fingerprint density at radius 2 is 1.82 bits per heavy atom. The van der Waals surface area contributed by atoms with Gasteiger partial charge in [-0.15, -0.1) is 0 Å². The number of methoxy groups -OCH3 is 1. The van der Waals surface area contributed by atoms with Crippen molar-refractivity contribution in [3.8, 4) is 16.8 Å². The zero-order valence-electron chi connectivity index (χ0n) is 23.4. The van der Waals surface area contributed by atoms with Crippen molar-refractivity contribution in [3.05, 3.63) is 75.3 Å². The molecule has 4 aromatic rings. The van der Waals surface area contributed by atoms with E-state index in [-0.39, 0.29) is 38.4 Å². The highest BCUT2D eigenvalue weighted by Gasteiger charge is 2.51. The summed E-state index contributed by atoms with van der Waals surface area (Å²) < 4.78 is 84.8. The van der Waals surface area contributed by atoms with Crippen molar-refractivity contribution >= 4 is 23.2 Å². The quantitative estimate of drug-likeness (QED) is 0.214. The monoisotopic (exact) mass is 662 g/mol. The standard InChI is InChI=1S/C27H25Cl2F5N6O4/c1-10-5-15(18(30)19(31)17(10)29)13-7-36-39(9-13)20-21(42)24(44-22(11(2)41)23(20)43-4)26-37-12(3)38-40(26)16-6-14(28)8-35-25(16)27(32,33)34/h5-9,11,20-24,41-42H,1-4H3/t11?,20?,21?,22?,23-,24-/m1/s1. The number of pyridine rings is 1. The lowest BCUT2D eigenvalue weighted by Gasteiger charge is -2.45. The number of nitrogens with zero attached hydrogens (tertiary/aromatic N) is 6. The van der Waals surface area contributed by atoms with Gasteiger partial charge in [-0.3, -0.25) is 4.68 Å². The number of ether oxygens (including phenoxy) is 2. The molecular weight excluding hydrogens is 638 g/mol. The fraction of sp³-hybridized carbons (Fsp3) is 0.407. The molecule has 3 aromatic heterocycles. The Hall–Kier alpha value is -3.21. The van der Waals surface area contributed by atoms with E-state index in [1.807, 2.05) is 0 Å². The fourth-order valence-electron chi connectivity index (χ4n) is 5.26. The van der Waals surface area contributed by atoms with Crippen LogP contribution >= 0.6 is 23.2 Å². The van der Waals surface area contributed by atoms with Crippen molar-refractivity contribution in [2.45, 2.75) is 63.5 Å². The van der Waals surface area contributed by atoms with E-state index in [1.165, 1.54) is 51.0 Å². The van der Waals surface area contributed by atoms with E-state index < -0.39 is 65.8 Å². The van der Waals surface area contributed by atoms with Crippen LogP contribution in [-0.4, -0.2) is 71.3 Å². The first-order valence-corrected chi connectivity index (χ1v) is 13.8. The van der Waals surface area contributed by atoms with Crippen LogP contribution in [0.3, 0.4) is 0 Å². The molecule has 0 spiro atoms. The molecule has 0 saturated carbocycles. The first kappa shape index (κ1) is 32.2. The molecule has 0 amide bonds. The van der Waals surface area contributed by atoms with Crippen molar-refractivity contribution < 1.29 is 41.6 Å². The van der Waals surface area contributed by atoms with Crippen molar-refractivity contribution in [1.82, 2.24) is 29.5 Å². The lowest BCUT2D eigenvalue weighted by Crippen LogP contribution is -2.56. The summed E-state index contributed by atoms with van der Waals surface area (Å²) in [4.78, 5) is 7.69. The SMILES string of the molecule is CO[C@H]1C(C(C)O)O[C@@H](c2nc(C)nn2-c2cc(Cl)cnc2C(F)(F)F)C(O)C1n1cc(-c2cc(C)c(Cl)c(F)c2F)cn1. The lowest BCUT2D eigenvalue weighted by atomic mass is 9.89. The van der Waals surface area contributed by atoms with Crippen LogP contribution in [0, 0.1) is 25.5 Å². The number of rotatable bonds is 6. The van der Waals surface area contributed by atoms with E-state index in [1.54, 1.807) is 0 Å². The van der Waals surface area contributed by atoms with Crippen LogP contribution < -0.4 is 0 Å². The van der Waals surface area contributed by atoms with Gasteiger partial charge in [-0.25, -0.2) is 23.4 Å². The Kier molecular flexibility index (Phi) is 8.74. The van der Waals surface area contributed by atoms with E-state index in [0.717, 1.165) is 16.9 Å². The molecule has 0 aliphatic carbocycles. The average molecular weight is 663 g/mol. The molecule has 44 heavy (non-hydrogen) atoms. The molecule has 1 fully saturated rings. The zero-order chi connectivity index (χ0) is 32.2. The number of aliphatic hydroxyl groups is 2. The normalized spacial score (nSPS) is 23.2. The largest absolute Gasteiger partial charge is 0.435 e. The predicted octanol–water partition coefficient (Wildman–Crippen LogP) is 5.18. The lowest BCUT2D eigenvalue weighted by molar-refractivity contribution is -0.230. The number of aryl methyl sites for hydroxylation is 2. The van der Waals surface area contributed by atoms with Crippen LogP contribution in [0.2, 0.25) is 10.0 Å². The van der Waals surface area contributed by atoms with Crippen LogP contribution in [0.25, 0.3) is 16.8 Å². The third-order valence-electron chi connectivity index (χ3n) is 7.24. The van der Waals surface area contributed by atoms with Crippen molar-refractivity contribution in [1.29, 1.82) is 0 Å². The van der Waals surface area contributed by atoms with E-state index in [4.69, 9.17) is 32.7 Å².